The molecule has 2 heterocycles. The summed E-state index contributed by atoms with van der Waals surface area (Å²) in [4.78, 5) is 7.55. The van der Waals surface area contributed by atoms with E-state index in [0.717, 1.165) is 63.9 Å². The highest BCUT2D eigenvalue weighted by molar-refractivity contribution is 14.0. The predicted octanol–water partition coefficient (Wildman–Crippen LogP) is 3.40. The fourth-order valence-corrected chi connectivity index (χ4v) is 4.33. The summed E-state index contributed by atoms with van der Waals surface area (Å²) in [5.74, 6) is 1.82. The topological polar surface area (TPSA) is 58.1 Å². The van der Waals surface area contributed by atoms with Crippen LogP contribution in [0.2, 0.25) is 0 Å². The van der Waals surface area contributed by atoms with Gasteiger partial charge in [0.25, 0.3) is 0 Å². The molecule has 30 heavy (non-hydrogen) atoms. The van der Waals surface area contributed by atoms with Gasteiger partial charge in [0, 0.05) is 38.3 Å². The highest BCUT2D eigenvalue weighted by Gasteiger charge is 2.34. The van der Waals surface area contributed by atoms with Crippen molar-refractivity contribution < 1.29 is 9.47 Å². The van der Waals surface area contributed by atoms with Crippen molar-refractivity contribution in [2.24, 2.45) is 4.99 Å². The summed E-state index contributed by atoms with van der Waals surface area (Å²) in [6, 6.07) is 8.49. The Bertz CT molecular complexity index is 627. The molecular formula is C23H39IN4O2. The zero-order valence-electron chi connectivity index (χ0n) is 18.6. The van der Waals surface area contributed by atoms with Gasteiger partial charge in [-0.05, 0) is 63.4 Å². The first kappa shape index (κ1) is 25.2. The van der Waals surface area contributed by atoms with Gasteiger partial charge in [0.05, 0.1) is 13.7 Å². The van der Waals surface area contributed by atoms with Crippen LogP contribution in [-0.4, -0.2) is 70.5 Å². The quantitative estimate of drug-likeness (QED) is 0.307. The highest BCUT2D eigenvalue weighted by Crippen LogP contribution is 2.36. The first-order valence-electron chi connectivity index (χ1n) is 11.2. The van der Waals surface area contributed by atoms with Gasteiger partial charge in [0.2, 0.25) is 0 Å². The van der Waals surface area contributed by atoms with Gasteiger partial charge in [-0.3, -0.25) is 4.99 Å². The average Bonchev–Trinajstić information content (AvgIpc) is 2.79. The monoisotopic (exact) mass is 530 g/mol. The van der Waals surface area contributed by atoms with Crippen molar-refractivity contribution in [3.05, 3.63) is 29.8 Å². The second-order valence-electron chi connectivity index (χ2n) is 8.15. The molecule has 170 valence electrons. The van der Waals surface area contributed by atoms with E-state index >= 15 is 0 Å². The Morgan fingerprint density at radius 1 is 1.10 bits per heavy atom. The van der Waals surface area contributed by atoms with Gasteiger partial charge in [-0.2, -0.15) is 0 Å². The van der Waals surface area contributed by atoms with Crippen LogP contribution in [0.1, 0.15) is 44.6 Å². The third-order valence-electron chi connectivity index (χ3n) is 6.21. The molecule has 0 atom stereocenters. The standard InChI is InChI=1S/C23H38N4O2.HI/c1-3-24-22(25-13-16-27-14-5-4-6-15-27)26-19-23(11-17-29-18-12-23)20-7-9-21(28-2)10-8-20;/h7-10H,3-6,11-19H2,1-2H3,(H2,24,25,26);1H. The number of benzene rings is 1. The minimum atomic E-state index is 0. The number of nitrogens with zero attached hydrogens (tertiary/aromatic N) is 2. The number of nitrogens with one attached hydrogen (secondary N) is 2. The molecule has 2 aliphatic heterocycles. The van der Waals surface area contributed by atoms with Gasteiger partial charge in [0.1, 0.15) is 5.75 Å². The van der Waals surface area contributed by atoms with Gasteiger partial charge in [0.15, 0.2) is 5.96 Å². The third kappa shape index (κ3) is 7.27. The van der Waals surface area contributed by atoms with Crippen molar-refractivity contribution in [3.8, 4) is 5.75 Å². The summed E-state index contributed by atoms with van der Waals surface area (Å²) < 4.78 is 11.0. The molecule has 7 heteroatoms. The molecule has 6 nitrogen and oxygen atoms in total. The molecule has 0 aliphatic carbocycles. The average molecular weight is 530 g/mol. The number of likely N-dealkylation sites (tertiary alicyclic amines) is 1. The molecule has 0 spiro atoms. The molecule has 0 saturated carbocycles. The molecule has 2 fully saturated rings. The normalized spacial score (nSPS) is 19.6. The summed E-state index contributed by atoms with van der Waals surface area (Å²) >= 11 is 0. The van der Waals surface area contributed by atoms with E-state index in [-0.39, 0.29) is 29.4 Å². The zero-order valence-corrected chi connectivity index (χ0v) is 21.0. The van der Waals surface area contributed by atoms with Crippen LogP contribution in [0.25, 0.3) is 0 Å². The zero-order chi connectivity index (χ0) is 20.4. The maximum Gasteiger partial charge on any atom is 0.191 e. The predicted molar refractivity (Wildman–Crippen MR) is 134 cm³/mol. The van der Waals surface area contributed by atoms with E-state index in [4.69, 9.17) is 14.5 Å². The van der Waals surface area contributed by atoms with Crippen molar-refractivity contribution in [3.63, 3.8) is 0 Å². The number of guanidine groups is 1. The SMILES string of the molecule is CCNC(=NCC1(c2ccc(OC)cc2)CCOCC1)NCCN1CCCCC1.I. The Morgan fingerprint density at radius 2 is 1.80 bits per heavy atom. The van der Waals surface area contributed by atoms with E-state index in [9.17, 15) is 0 Å². The lowest BCUT2D eigenvalue weighted by molar-refractivity contribution is 0.0531. The fourth-order valence-electron chi connectivity index (χ4n) is 4.33. The van der Waals surface area contributed by atoms with E-state index in [0.29, 0.717) is 0 Å². The number of halogens is 1. The van der Waals surface area contributed by atoms with Gasteiger partial charge in [-0.25, -0.2) is 0 Å². The number of rotatable bonds is 8. The molecule has 0 bridgehead atoms. The van der Waals surface area contributed by atoms with Crippen LogP contribution in [0.3, 0.4) is 0 Å². The summed E-state index contributed by atoms with van der Waals surface area (Å²) in [6.07, 6.45) is 6.04. The van der Waals surface area contributed by atoms with Crippen LogP contribution >= 0.6 is 24.0 Å². The fraction of sp³-hybridized carbons (Fsp3) is 0.696. The highest BCUT2D eigenvalue weighted by atomic mass is 127. The van der Waals surface area contributed by atoms with Crippen LogP contribution in [0.15, 0.2) is 29.3 Å². The van der Waals surface area contributed by atoms with Crippen molar-refractivity contribution >= 4 is 29.9 Å². The molecule has 1 aromatic carbocycles. The van der Waals surface area contributed by atoms with E-state index in [1.165, 1.54) is 37.9 Å². The van der Waals surface area contributed by atoms with E-state index < -0.39 is 0 Å². The van der Waals surface area contributed by atoms with Crippen LogP contribution < -0.4 is 15.4 Å². The molecule has 2 saturated heterocycles. The van der Waals surface area contributed by atoms with E-state index in [2.05, 4.69) is 46.7 Å². The summed E-state index contributed by atoms with van der Waals surface area (Å²) in [6.45, 7) is 9.82. The van der Waals surface area contributed by atoms with E-state index in [1.807, 2.05) is 0 Å². The molecular weight excluding hydrogens is 491 g/mol. The van der Waals surface area contributed by atoms with Crippen LogP contribution in [-0.2, 0) is 10.2 Å². The molecule has 0 aromatic heterocycles. The summed E-state index contributed by atoms with van der Waals surface area (Å²) in [5, 5.41) is 6.96. The van der Waals surface area contributed by atoms with Gasteiger partial charge in [-0.1, -0.05) is 18.6 Å². The molecule has 0 radical (unpaired) electrons. The van der Waals surface area contributed by atoms with Crippen LogP contribution in [0.4, 0.5) is 0 Å². The van der Waals surface area contributed by atoms with Gasteiger partial charge < -0.3 is 25.0 Å². The Kier molecular flexibility index (Phi) is 11.2. The number of hydrogen-bond acceptors (Lipinski definition) is 4. The lowest BCUT2D eigenvalue weighted by Crippen LogP contribution is -2.44. The van der Waals surface area contributed by atoms with E-state index in [1.54, 1.807) is 7.11 Å². The number of hydrogen-bond donors (Lipinski definition) is 2. The Morgan fingerprint density at radius 3 is 2.43 bits per heavy atom. The van der Waals surface area contributed by atoms with Gasteiger partial charge in [-0.15, -0.1) is 24.0 Å². The number of ether oxygens (including phenoxy) is 2. The molecule has 3 rings (SSSR count). The minimum absolute atomic E-state index is 0. The maximum atomic E-state index is 5.67. The maximum absolute atomic E-state index is 5.67. The summed E-state index contributed by atoms with van der Waals surface area (Å²) in [7, 11) is 1.71. The molecule has 0 amide bonds. The molecule has 2 aliphatic rings. The second-order valence-corrected chi connectivity index (χ2v) is 8.15. The first-order chi connectivity index (χ1) is 14.3. The second kappa shape index (κ2) is 13.4. The Hall–Kier alpha value is -1.06. The number of methoxy groups -OCH3 is 1. The van der Waals surface area contributed by atoms with Crippen LogP contribution in [0, 0.1) is 0 Å². The van der Waals surface area contributed by atoms with Gasteiger partial charge >= 0.3 is 0 Å². The number of piperidine rings is 1. The first-order valence-corrected chi connectivity index (χ1v) is 11.2. The summed E-state index contributed by atoms with van der Waals surface area (Å²) in [5.41, 5.74) is 1.36. The number of aliphatic imine (C=N–C) groups is 1. The van der Waals surface area contributed by atoms with Crippen molar-refractivity contribution in [2.45, 2.75) is 44.4 Å². The third-order valence-corrected chi connectivity index (χ3v) is 6.21. The molecule has 0 unspecified atom stereocenters. The largest absolute Gasteiger partial charge is 0.497 e. The lowest BCUT2D eigenvalue weighted by atomic mass is 9.74. The lowest BCUT2D eigenvalue weighted by Gasteiger charge is -2.36. The minimum Gasteiger partial charge on any atom is -0.497 e. The Labute approximate surface area is 199 Å². The van der Waals surface area contributed by atoms with Crippen molar-refractivity contribution in [2.75, 3.05) is 59.6 Å². The van der Waals surface area contributed by atoms with Crippen LogP contribution in [0.5, 0.6) is 5.75 Å². The van der Waals surface area contributed by atoms with Crippen molar-refractivity contribution in [1.82, 2.24) is 15.5 Å². The smallest absolute Gasteiger partial charge is 0.191 e. The molecule has 1 aromatic rings. The molecule has 2 N–H and O–H groups in total. The Balaban J connectivity index is 0.00000320. The van der Waals surface area contributed by atoms with Crippen molar-refractivity contribution in [1.29, 1.82) is 0 Å².